The number of hydrogen-bond donors (Lipinski definition) is 0. The molecule has 1 atom stereocenters. The molecule has 0 radical (unpaired) electrons. The van der Waals surface area contributed by atoms with Crippen molar-refractivity contribution in [3.8, 4) is 5.75 Å². The zero-order valence-corrected chi connectivity index (χ0v) is 12.9. The Balaban J connectivity index is 2.02. The van der Waals surface area contributed by atoms with Gasteiger partial charge in [0.1, 0.15) is 5.75 Å². The zero-order chi connectivity index (χ0) is 14.1. The van der Waals surface area contributed by atoms with Crippen molar-refractivity contribution in [1.82, 2.24) is 0 Å². The fourth-order valence-corrected chi connectivity index (χ4v) is 3.08. The first-order valence-corrected chi connectivity index (χ1v) is 7.55. The van der Waals surface area contributed by atoms with Gasteiger partial charge in [-0.2, -0.15) is 0 Å². The summed E-state index contributed by atoms with van der Waals surface area (Å²) < 4.78 is 6.34. The van der Waals surface area contributed by atoms with Crippen LogP contribution in [-0.2, 0) is 0 Å². The quantitative estimate of drug-likeness (QED) is 0.723. The molecule has 20 heavy (non-hydrogen) atoms. The monoisotopic (exact) mass is 350 g/mol. The molecule has 0 bridgehead atoms. The van der Waals surface area contributed by atoms with E-state index in [2.05, 4.69) is 15.9 Å². The van der Waals surface area contributed by atoms with Crippen LogP contribution in [0.3, 0.4) is 0 Å². The average Bonchev–Trinajstić information content (AvgIpc) is 2.49. The van der Waals surface area contributed by atoms with Crippen molar-refractivity contribution in [1.29, 1.82) is 0 Å². The molecule has 0 spiro atoms. The predicted molar refractivity (Wildman–Crippen MR) is 82.8 cm³/mol. The van der Waals surface area contributed by atoms with Gasteiger partial charge in [-0.25, -0.2) is 0 Å². The van der Waals surface area contributed by atoms with Crippen molar-refractivity contribution in [3.63, 3.8) is 0 Å². The molecule has 102 valence electrons. The van der Waals surface area contributed by atoms with Crippen molar-refractivity contribution in [2.75, 3.05) is 6.61 Å². The Bertz CT molecular complexity index is 669. The fraction of sp³-hybridized carbons (Fsp3) is 0.188. The average molecular weight is 352 g/mol. The molecule has 1 aliphatic rings. The Labute approximate surface area is 130 Å². The molecular weight excluding hydrogens is 340 g/mol. The number of carbonyl (C=O) groups is 1. The van der Waals surface area contributed by atoms with Crippen LogP contribution in [0.5, 0.6) is 5.75 Å². The normalized spacial score (nSPS) is 17.2. The fourth-order valence-electron chi connectivity index (χ4n) is 2.50. The largest absolute Gasteiger partial charge is 0.493 e. The molecule has 0 fully saturated rings. The minimum atomic E-state index is -0.188. The molecule has 3 rings (SSSR count). The van der Waals surface area contributed by atoms with Gasteiger partial charge < -0.3 is 4.74 Å². The molecule has 0 amide bonds. The number of halogens is 2. The third kappa shape index (κ3) is 2.36. The highest BCUT2D eigenvalue weighted by Crippen LogP contribution is 2.37. The second-order valence-corrected chi connectivity index (χ2v) is 5.93. The summed E-state index contributed by atoms with van der Waals surface area (Å²) in [4.78, 5) is 12.8. The predicted octanol–water partition coefficient (Wildman–Crippen LogP) is 4.85. The van der Waals surface area contributed by atoms with Crippen molar-refractivity contribution in [3.05, 3.63) is 63.1 Å². The van der Waals surface area contributed by atoms with Gasteiger partial charge in [-0.15, -0.1) is 0 Å². The van der Waals surface area contributed by atoms with Gasteiger partial charge in [0, 0.05) is 15.6 Å². The Morgan fingerprint density at radius 3 is 2.85 bits per heavy atom. The maximum Gasteiger partial charge on any atom is 0.172 e. The Morgan fingerprint density at radius 2 is 2.00 bits per heavy atom. The van der Waals surface area contributed by atoms with E-state index in [0.29, 0.717) is 23.6 Å². The van der Waals surface area contributed by atoms with Crippen molar-refractivity contribution < 1.29 is 9.53 Å². The maximum absolute atomic E-state index is 12.8. The second-order valence-electron chi connectivity index (χ2n) is 4.69. The van der Waals surface area contributed by atoms with E-state index >= 15 is 0 Å². The van der Waals surface area contributed by atoms with Gasteiger partial charge in [-0.05, 0) is 40.5 Å². The number of hydrogen-bond acceptors (Lipinski definition) is 2. The lowest BCUT2D eigenvalue weighted by Crippen LogP contribution is -2.21. The van der Waals surface area contributed by atoms with Gasteiger partial charge >= 0.3 is 0 Å². The lowest BCUT2D eigenvalue weighted by atomic mass is 9.86. The van der Waals surface area contributed by atoms with E-state index in [1.807, 2.05) is 36.4 Å². The van der Waals surface area contributed by atoms with E-state index in [4.69, 9.17) is 16.3 Å². The molecule has 0 N–H and O–H groups in total. The summed E-state index contributed by atoms with van der Waals surface area (Å²) in [6, 6.07) is 13.1. The first-order valence-electron chi connectivity index (χ1n) is 6.38. The minimum Gasteiger partial charge on any atom is -0.493 e. The number of para-hydroxylation sites is 1. The molecular formula is C16H12BrClO2. The number of carbonyl (C=O) groups excluding carboxylic acids is 1. The highest BCUT2D eigenvalue weighted by molar-refractivity contribution is 9.10. The molecule has 0 aromatic heterocycles. The van der Waals surface area contributed by atoms with E-state index in [0.717, 1.165) is 15.8 Å². The van der Waals surface area contributed by atoms with Crippen LogP contribution in [0.15, 0.2) is 46.9 Å². The van der Waals surface area contributed by atoms with E-state index in [-0.39, 0.29) is 11.7 Å². The summed E-state index contributed by atoms with van der Waals surface area (Å²) in [5.74, 6) is 0.655. The van der Waals surface area contributed by atoms with Crippen LogP contribution < -0.4 is 4.74 Å². The van der Waals surface area contributed by atoms with Gasteiger partial charge in [0.2, 0.25) is 0 Å². The topological polar surface area (TPSA) is 26.3 Å². The van der Waals surface area contributed by atoms with Gasteiger partial charge in [0.15, 0.2) is 5.78 Å². The summed E-state index contributed by atoms with van der Waals surface area (Å²) in [5.41, 5.74) is 1.50. The van der Waals surface area contributed by atoms with Crippen molar-refractivity contribution in [2.45, 2.75) is 12.3 Å². The number of rotatable bonds is 2. The van der Waals surface area contributed by atoms with Crippen LogP contribution in [0, 0.1) is 0 Å². The number of ketones is 1. The van der Waals surface area contributed by atoms with Crippen LogP contribution in [-0.4, -0.2) is 12.4 Å². The van der Waals surface area contributed by atoms with E-state index in [1.165, 1.54) is 0 Å². The highest BCUT2D eigenvalue weighted by atomic mass is 79.9. The van der Waals surface area contributed by atoms with E-state index in [1.54, 1.807) is 6.07 Å². The Hall–Kier alpha value is -1.32. The molecule has 1 aliphatic heterocycles. The number of fused-ring (bicyclic) bond motifs is 1. The van der Waals surface area contributed by atoms with E-state index in [9.17, 15) is 4.79 Å². The molecule has 2 aromatic rings. The van der Waals surface area contributed by atoms with Crippen LogP contribution in [0.4, 0.5) is 0 Å². The summed E-state index contributed by atoms with van der Waals surface area (Å²) >= 11 is 9.60. The number of Topliss-reactive ketones (excluding diaryl/α,β-unsaturated/α-hetero) is 1. The molecule has 2 nitrogen and oxygen atoms in total. The van der Waals surface area contributed by atoms with E-state index < -0.39 is 0 Å². The molecule has 2 aromatic carbocycles. The summed E-state index contributed by atoms with van der Waals surface area (Å²) in [6.07, 6.45) is 0.679. The molecule has 0 aliphatic carbocycles. The molecule has 1 heterocycles. The summed E-state index contributed by atoms with van der Waals surface area (Å²) in [7, 11) is 0. The zero-order valence-electron chi connectivity index (χ0n) is 10.6. The third-order valence-electron chi connectivity index (χ3n) is 3.49. The number of ether oxygens (including phenoxy) is 1. The standard InChI is InChI=1S/C16H12BrClO2/c17-13-6-3-5-12(15(13)18)16(19)11-8-9-20-14-7-2-1-4-10(11)14/h1-7,11H,8-9H2. The van der Waals surface area contributed by atoms with Crippen LogP contribution in [0.2, 0.25) is 5.02 Å². The first kappa shape index (κ1) is 13.7. The summed E-state index contributed by atoms with van der Waals surface area (Å²) in [6.45, 7) is 0.555. The lowest BCUT2D eigenvalue weighted by Gasteiger charge is -2.25. The van der Waals surface area contributed by atoms with Gasteiger partial charge in [-0.3, -0.25) is 4.79 Å². The van der Waals surface area contributed by atoms with Crippen molar-refractivity contribution in [2.24, 2.45) is 0 Å². The lowest BCUT2D eigenvalue weighted by molar-refractivity contribution is 0.0933. The first-order chi connectivity index (χ1) is 9.68. The summed E-state index contributed by atoms with van der Waals surface area (Å²) in [5, 5.41) is 0.474. The highest BCUT2D eigenvalue weighted by Gasteiger charge is 2.29. The van der Waals surface area contributed by atoms with Crippen LogP contribution >= 0.6 is 27.5 Å². The van der Waals surface area contributed by atoms with Gasteiger partial charge in [-0.1, -0.05) is 35.9 Å². The Kier molecular flexibility index (Phi) is 3.81. The number of benzene rings is 2. The minimum absolute atomic E-state index is 0.0482. The third-order valence-corrected chi connectivity index (χ3v) is 4.79. The second kappa shape index (κ2) is 5.58. The Morgan fingerprint density at radius 1 is 1.20 bits per heavy atom. The molecule has 0 saturated carbocycles. The van der Waals surface area contributed by atoms with Gasteiger partial charge in [0.25, 0.3) is 0 Å². The molecule has 1 unspecified atom stereocenters. The SMILES string of the molecule is O=C(c1cccc(Br)c1Cl)C1CCOc2ccccc21. The smallest absolute Gasteiger partial charge is 0.172 e. The van der Waals surface area contributed by atoms with Gasteiger partial charge in [0.05, 0.1) is 17.5 Å². The van der Waals surface area contributed by atoms with Crippen LogP contribution in [0.25, 0.3) is 0 Å². The van der Waals surface area contributed by atoms with Crippen LogP contribution in [0.1, 0.15) is 28.3 Å². The van der Waals surface area contributed by atoms with Crippen molar-refractivity contribution >= 4 is 33.3 Å². The molecule has 4 heteroatoms. The maximum atomic E-state index is 12.8. The molecule has 0 saturated heterocycles.